The lowest BCUT2D eigenvalue weighted by Crippen LogP contribution is -2.17. The van der Waals surface area contributed by atoms with Crippen LogP contribution in [0.1, 0.15) is 10.5 Å². The number of ether oxygens (including phenoxy) is 1. The normalized spacial score (nSPS) is 9.79. The Morgan fingerprint density at radius 1 is 1.71 bits per heavy atom. The van der Waals surface area contributed by atoms with E-state index in [1.165, 1.54) is 12.5 Å². The summed E-state index contributed by atoms with van der Waals surface area (Å²) in [6, 6.07) is 0. The van der Waals surface area contributed by atoms with Gasteiger partial charge in [-0.15, -0.1) is 11.3 Å². The van der Waals surface area contributed by atoms with Gasteiger partial charge in [0.05, 0.1) is 0 Å². The average Bonchev–Trinajstić information content (AvgIpc) is 2.53. The lowest BCUT2D eigenvalue weighted by Gasteiger charge is -1.98. The molecule has 14 heavy (non-hydrogen) atoms. The smallest absolute Gasteiger partial charge is 0.268 e. The topological polar surface area (TPSA) is 94.3 Å². The molecule has 0 atom stereocenters. The highest BCUT2D eigenvalue weighted by atomic mass is 32.1. The van der Waals surface area contributed by atoms with Crippen molar-refractivity contribution in [3.8, 4) is 0 Å². The first-order valence-corrected chi connectivity index (χ1v) is 4.55. The summed E-state index contributed by atoms with van der Waals surface area (Å²) in [6.07, 6.45) is 0. The third-order valence-electron chi connectivity index (χ3n) is 1.28. The third kappa shape index (κ3) is 2.79. The van der Waals surface area contributed by atoms with E-state index in [4.69, 9.17) is 5.73 Å². The molecule has 1 rings (SSSR count). The Bertz CT molecular complexity index is 350. The van der Waals surface area contributed by atoms with Crippen LogP contribution in [-0.2, 0) is 9.53 Å². The number of hydrogen-bond donors (Lipinski definition) is 2. The molecule has 0 saturated carbocycles. The summed E-state index contributed by atoms with van der Waals surface area (Å²) in [6.45, 7) is -0.0501. The molecule has 0 aliphatic carbocycles. The fourth-order valence-electron chi connectivity index (χ4n) is 0.731. The zero-order chi connectivity index (χ0) is 10.6. The standard InChI is InChI=1S/C7H9N3O3S/c1-13-2-5(11)10-7-9-4(3-14-7)6(8)12/h3H,2H2,1H3,(H2,8,12)(H,9,10,11). The molecule has 0 aliphatic heterocycles. The number of nitrogens with zero attached hydrogens (tertiary/aromatic N) is 1. The number of nitrogens with one attached hydrogen (secondary N) is 1. The number of hydrogen-bond acceptors (Lipinski definition) is 5. The van der Waals surface area contributed by atoms with E-state index in [1.807, 2.05) is 0 Å². The second kappa shape index (κ2) is 4.68. The lowest BCUT2D eigenvalue weighted by molar-refractivity contribution is -0.119. The molecule has 6 nitrogen and oxygen atoms in total. The molecule has 7 heteroatoms. The van der Waals surface area contributed by atoms with Gasteiger partial charge in [0.25, 0.3) is 11.8 Å². The predicted molar refractivity (Wildman–Crippen MR) is 51.1 cm³/mol. The van der Waals surface area contributed by atoms with Crippen molar-refractivity contribution >= 4 is 28.3 Å². The van der Waals surface area contributed by atoms with Gasteiger partial charge in [-0.05, 0) is 0 Å². The Labute approximate surface area is 84.1 Å². The SMILES string of the molecule is COCC(=O)Nc1nc(C(N)=O)cs1. The molecule has 0 fully saturated rings. The maximum atomic E-state index is 11.0. The fraction of sp³-hybridized carbons (Fsp3) is 0.286. The number of primary amides is 1. The zero-order valence-corrected chi connectivity index (χ0v) is 8.26. The maximum Gasteiger partial charge on any atom is 0.268 e. The van der Waals surface area contributed by atoms with E-state index in [1.54, 1.807) is 0 Å². The van der Waals surface area contributed by atoms with Crippen LogP contribution >= 0.6 is 11.3 Å². The number of amides is 2. The summed E-state index contributed by atoms with van der Waals surface area (Å²) in [7, 11) is 1.41. The highest BCUT2D eigenvalue weighted by Gasteiger charge is 2.08. The Morgan fingerprint density at radius 3 is 2.93 bits per heavy atom. The van der Waals surface area contributed by atoms with Crippen LogP contribution in [0.25, 0.3) is 0 Å². The Balaban J connectivity index is 2.59. The quantitative estimate of drug-likeness (QED) is 0.728. The molecule has 0 radical (unpaired) electrons. The van der Waals surface area contributed by atoms with E-state index in [-0.39, 0.29) is 18.2 Å². The molecular weight excluding hydrogens is 206 g/mol. The van der Waals surface area contributed by atoms with Crippen LogP contribution in [0.5, 0.6) is 0 Å². The van der Waals surface area contributed by atoms with Gasteiger partial charge in [0, 0.05) is 12.5 Å². The minimum absolute atomic E-state index is 0.0501. The molecule has 76 valence electrons. The van der Waals surface area contributed by atoms with Crippen LogP contribution in [0.2, 0.25) is 0 Å². The van der Waals surface area contributed by atoms with E-state index in [0.29, 0.717) is 5.13 Å². The Kier molecular flexibility index (Phi) is 3.55. The van der Waals surface area contributed by atoms with Crippen molar-refractivity contribution in [2.75, 3.05) is 19.0 Å². The monoisotopic (exact) mass is 215 g/mol. The Morgan fingerprint density at radius 2 is 2.43 bits per heavy atom. The first-order valence-electron chi connectivity index (χ1n) is 3.67. The number of rotatable bonds is 4. The zero-order valence-electron chi connectivity index (χ0n) is 7.44. The van der Waals surface area contributed by atoms with Crippen molar-refractivity contribution in [1.82, 2.24) is 4.98 Å². The second-order valence-corrected chi connectivity index (χ2v) is 3.24. The highest BCUT2D eigenvalue weighted by molar-refractivity contribution is 7.14. The minimum Gasteiger partial charge on any atom is -0.375 e. The maximum absolute atomic E-state index is 11.0. The molecule has 2 amide bonds. The number of thiazole rings is 1. The van der Waals surface area contributed by atoms with Gasteiger partial charge in [0.15, 0.2) is 5.13 Å². The van der Waals surface area contributed by atoms with Crippen molar-refractivity contribution in [3.05, 3.63) is 11.1 Å². The van der Waals surface area contributed by atoms with Gasteiger partial charge in [-0.3, -0.25) is 14.9 Å². The van der Waals surface area contributed by atoms with Crippen molar-refractivity contribution in [2.45, 2.75) is 0 Å². The number of methoxy groups -OCH3 is 1. The van der Waals surface area contributed by atoms with Gasteiger partial charge in [0.1, 0.15) is 12.3 Å². The molecule has 0 unspecified atom stereocenters. The van der Waals surface area contributed by atoms with Crippen LogP contribution in [0.3, 0.4) is 0 Å². The molecule has 0 spiro atoms. The van der Waals surface area contributed by atoms with Crippen LogP contribution in [0.4, 0.5) is 5.13 Å². The molecule has 0 bridgehead atoms. The predicted octanol–water partition coefficient (Wildman–Crippen LogP) is -0.173. The van der Waals surface area contributed by atoms with Gasteiger partial charge < -0.3 is 10.5 Å². The van der Waals surface area contributed by atoms with Crippen molar-refractivity contribution in [2.24, 2.45) is 5.73 Å². The number of carbonyl (C=O) groups excluding carboxylic acids is 2. The van der Waals surface area contributed by atoms with Crippen LogP contribution in [0, 0.1) is 0 Å². The average molecular weight is 215 g/mol. The van der Waals surface area contributed by atoms with Gasteiger partial charge >= 0.3 is 0 Å². The van der Waals surface area contributed by atoms with Crippen molar-refractivity contribution in [1.29, 1.82) is 0 Å². The van der Waals surface area contributed by atoms with Gasteiger partial charge in [-0.1, -0.05) is 0 Å². The number of anilines is 1. The van der Waals surface area contributed by atoms with Gasteiger partial charge in [-0.2, -0.15) is 0 Å². The van der Waals surface area contributed by atoms with Gasteiger partial charge in [-0.25, -0.2) is 4.98 Å². The van der Waals surface area contributed by atoms with Crippen LogP contribution in [0.15, 0.2) is 5.38 Å². The van der Waals surface area contributed by atoms with Crippen LogP contribution < -0.4 is 11.1 Å². The van der Waals surface area contributed by atoms with E-state index in [2.05, 4.69) is 15.0 Å². The fourth-order valence-corrected chi connectivity index (χ4v) is 1.45. The highest BCUT2D eigenvalue weighted by Crippen LogP contribution is 2.14. The summed E-state index contributed by atoms with van der Waals surface area (Å²) in [4.78, 5) is 25.4. The second-order valence-electron chi connectivity index (χ2n) is 2.38. The molecule has 3 N–H and O–H groups in total. The molecule has 0 aliphatic rings. The lowest BCUT2D eigenvalue weighted by atomic mass is 10.5. The molecule has 1 aromatic heterocycles. The van der Waals surface area contributed by atoms with E-state index in [0.717, 1.165) is 11.3 Å². The number of nitrogens with two attached hydrogens (primary N) is 1. The number of carbonyl (C=O) groups is 2. The largest absolute Gasteiger partial charge is 0.375 e. The van der Waals surface area contributed by atoms with Gasteiger partial charge in [0.2, 0.25) is 0 Å². The molecule has 0 aromatic carbocycles. The molecular formula is C7H9N3O3S. The molecule has 1 heterocycles. The van der Waals surface area contributed by atoms with Crippen LogP contribution in [-0.4, -0.2) is 30.5 Å². The van der Waals surface area contributed by atoms with Crippen molar-refractivity contribution < 1.29 is 14.3 Å². The summed E-state index contributed by atoms with van der Waals surface area (Å²) in [5, 5.41) is 4.26. The summed E-state index contributed by atoms with van der Waals surface area (Å²) in [5.74, 6) is -0.939. The molecule has 1 aromatic rings. The summed E-state index contributed by atoms with van der Waals surface area (Å²) in [5.41, 5.74) is 5.13. The first-order chi connectivity index (χ1) is 6.63. The van der Waals surface area contributed by atoms with E-state index in [9.17, 15) is 9.59 Å². The Hall–Kier alpha value is -1.47. The van der Waals surface area contributed by atoms with Crippen molar-refractivity contribution in [3.63, 3.8) is 0 Å². The minimum atomic E-state index is -0.617. The summed E-state index contributed by atoms with van der Waals surface area (Å²) < 4.78 is 4.60. The first kappa shape index (κ1) is 10.6. The summed E-state index contributed by atoms with van der Waals surface area (Å²) >= 11 is 1.13. The molecule has 0 saturated heterocycles. The van der Waals surface area contributed by atoms with E-state index >= 15 is 0 Å². The van der Waals surface area contributed by atoms with E-state index < -0.39 is 5.91 Å². The number of aromatic nitrogens is 1. The third-order valence-corrected chi connectivity index (χ3v) is 2.04.